The van der Waals surface area contributed by atoms with Gasteiger partial charge >= 0.3 is 0 Å². The van der Waals surface area contributed by atoms with E-state index in [1.807, 2.05) is 16.8 Å². The molecule has 0 fully saturated rings. The van der Waals surface area contributed by atoms with Gasteiger partial charge in [0.25, 0.3) is 5.56 Å². The molecule has 1 N–H and O–H groups in total. The van der Waals surface area contributed by atoms with Crippen LogP contribution in [0.1, 0.15) is 61.3 Å². The van der Waals surface area contributed by atoms with Gasteiger partial charge in [-0.1, -0.05) is 18.2 Å². The molecule has 1 aliphatic rings. The molecule has 0 amide bonds. The van der Waals surface area contributed by atoms with Crippen LogP contribution in [0.4, 0.5) is 5.69 Å². The van der Waals surface area contributed by atoms with Crippen molar-refractivity contribution in [2.75, 3.05) is 11.4 Å². The molecule has 0 saturated heterocycles. The number of aryl methyl sites for hydroxylation is 3. The summed E-state index contributed by atoms with van der Waals surface area (Å²) in [7, 11) is 0. The number of fused-ring (bicyclic) bond motifs is 2. The quantitative estimate of drug-likeness (QED) is 0.508. The van der Waals surface area contributed by atoms with Crippen LogP contribution in [0.15, 0.2) is 47.3 Å². The molecule has 2 aromatic carbocycles. The Hall–Kier alpha value is -3.48. The molecule has 1 atom stereocenters. The maximum absolute atomic E-state index is 13.5. The number of nitrogens with one attached hydrogen (secondary N) is 1. The molecule has 0 unspecified atom stereocenters. The zero-order chi connectivity index (χ0) is 23.3. The topological polar surface area (TPSA) is 79.7 Å². The SMILES string of the molecule is Cc1cc2cc([C@H](c3nnnn3C(C)(C)C)N3CCCc4ccccc43)c(=O)[nH]c2cc1C. The van der Waals surface area contributed by atoms with Gasteiger partial charge in [0.2, 0.25) is 0 Å². The number of nitrogens with zero attached hydrogens (tertiary/aromatic N) is 5. The normalized spacial score (nSPS) is 15.0. The number of para-hydroxylation sites is 1. The molecule has 4 aromatic rings. The van der Waals surface area contributed by atoms with E-state index in [2.05, 4.69) is 90.4 Å². The highest BCUT2D eigenvalue weighted by atomic mass is 16.1. The first kappa shape index (κ1) is 21.4. The molecule has 3 heterocycles. The minimum absolute atomic E-state index is 0.109. The molecule has 7 heteroatoms. The van der Waals surface area contributed by atoms with Crippen molar-refractivity contribution in [2.45, 2.75) is 59.0 Å². The maximum Gasteiger partial charge on any atom is 0.254 e. The number of anilines is 1. The lowest BCUT2D eigenvalue weighted by Crippen LogP contribution is -2.40. The van der Waals surface area contributed by atoms with Crippen LogP contribution in [-0.2, 0) is 12.0 Å². The molecule has 2 aromatic heterocycles. The molecular formula is C26H30N6O. The van der Waals surface area contributed by atoms with Crippen molar-refractivity contribution in [3.05, 3.63) is 80.9 Å². The second-order valence-electron chi connectivity index (χ2n) is 10.0. The van der Waals surface area contributed by atoms with E-state index >= 15 is 0 Å². The van der Waals surface area contributed by atoms with Crippen LogP contribution in [0, 0.1) is 13.8 Å². The predicted molar refractivity (Wildman–Crippen MR) is 131 cm³/mol. The molecule has 0 aliphatic carbocycles. The van der Waals surface area contributed by atoms with E-state index in [0.29, 0.717) is 11.4 Å². The Morgan fingerprint density at radius 2 is 1.82 bits per heavy atom. The molecule has 0 bridgehead atoms. The van der Waals surface area contributed by atoms with E-state index in [1.165, 1.54) is 11.1 Å². The fourth-order valence-corrected chi connectivity index (χ4v) is 4.82. The number of pyridine rings is 1. The van der Waals surface area contributed by atoms with Crippen molar-refractivity contribution >= 4 is 16.6 Å². The first-order valence-electron chi connectivity index (χ1n) is 11.5. The van der Waals surface area contributed by atoms with Crippen LogP contribution in [0.2, 0.25) is 0 Å². The van der Waals surface area contributed by atoms with Gasteiger partial charge in [0.05, 0.1) is 5.54 Å². The van der Waals surface area contributed by atoms with Gasteiger partial charge in [-0.2, -0.15) is 0 Å². The van der Waals surface area contributed by atoms with E-state index in [-0.39, 0.29) is 11.1 Å². The molecule has 0 spiro atoms. The second-order valence-corrected chi connectivity index (χ2v) is 10.0. The van der Waals surface area contributed by atoms with Gasteiger partial charge < -0.3 is 9.88 Å². The molecule has 5 rings (SSSR count). The smallest absolute Gasteiger partial charge is 0.254 e. The number of aromatic nitrogens is 5. The summed E-state index contributed by atoms with van der Waals surface area (Å²) in [6.07, 6.45) is 2.03. The summed E-state index contributed by atoms with van der Waals surface area (Å²) >= 11 is 0. The van der Waals surface area contributed by atoms with Crippen molar-refractivity contribution in [3.8, 4) is 0 Å². The molecule has 0 radical (unpaired) electrons. The third-order valence-corrected chi connectivity index (χ3v) is 6.61. The van der Waals surface area contributed by atoms with E-state index in [0.717, 1.165) is 41.5 Å². The van der Waals surface area contributed by atoms with Crippen molar-refractivity contribution in [1.82, 2.24) is 25.2 Å². The highest BCUT2D eigenvalue weighted by Crippen LogP contribution is 2.37. The first-order chi connectivity index (χ1) is 15.7. The Morgan fingerprint density at radius 3 is 2.61 bits per heavy atom. The fraction of sp³-hybridized carbons (Fsp3) is 0.385. The average molecular weight is 443 g/mol. The number of hydrogen-bond acceptors (Lipinski definition) is 5. The van der Waals surface area contributed by atoms with Gasteiger partial charge in [0.15, 0.2) is 5.82 Å². The predicted octanol–water partition coefficient (Wildman–Crippen LogP) is 4.43. The molecule has 170 valence electrons. The zero-order valence-corrected chi connectivity index (χ0v) is 19.9. The van der Waals surface area contributed by atoms with Crippen molar-refractivity contribution in [2.24, 2.45) is 0 Å². The van der Waals surface area contributed by atoms with Gasteiger partial charge in [0.1, 0.15) is 6.04 Å². The van der Waals surface area contributed by atoms with Crippen LogP contribution in [-0.4, -0.2) is 31.7 Å². The number of aromatic amines is 1. The Labute approximate surface area is 193 Å². The van der Waals surface area contributed by atoms with Crippen LogP contribution in [0.3, 0.4) is 0 Å². The van der Waals surface area contributed by atoms with E-state index in [9.17, 15) is 4.79 Å². The summed E-state index contributed by atoms with van der Waals surface area (Å²) < 4.78 is 1.85. The van der Waals surface area contributed by atoms with Gasteiger partial charge in [-0.15, -0.1) is 5.10 Å². The Balaban J connectivity index is 1.78. The van der Waals surface area contributed by atoms with Gasteiger partial charge in [-0.3, -0.25) is 4.79 Å². The summed E-state index contributed by atoms with van der Waals surface area (Å²) in [6.45, 7) is 11.2. The summed E-state index contributed by atoms with van der Waals surface area (Å²) in [6, 6.07) is 14.2. The monoisotopic (exact) mass is 442 g/mol. The Bertz CT molecular complexity index is 1390. The lowest BCUT2D eigenvalue weighted by Gasteiger charge is -2.38. The molecular weight excluding hydrogens is 412 g/mol. The lowest BCUT2D eigenvalue weighted by molar-refractivity contribution is 0.329. The number of benzene rings is 2. The zero-order valence-electron chi connectivity index (χ0n) is 19.9. The molecule has 33 heavy (non-hydrogen) atoms. The summed E-state index contributed by atoms with van der Waals surface area (Å²) in [5, 5.41) is 13.8. The minimum Gasteiger partial charge on any atom is -0.357 e. The minimum atomic E-state index is -0.407. The van der Waals surface area contributed by atoms with Crippen molar-refractivity contribution in [3.63, 3.8) is 0 Å². The third kappa shape index (κ3) is 3.71. The van der Waals surface area contributed by atoms with E-state index in [4.69, 9.17) is 0 Å². The second kappa shape index (κ2) is 7.83. The lowest BCUT2D eigenvalue weighted by atomic mass is 9.95. The van der Waals surface area contributed by atoms with Gasteiger partial charge in [-0.05, 0) is 104 Å². The third-order valence-electron chi connectivity index (χ3n) is 6.61. The number of tetrazole rings is 1. The van der Waals surface area contributed by atoms with Gasteiger partial charge in [-0.25, -0.2) is 4.68 Å². The average Bonchev–Trinajstić information content (AvgIpc) is 3.26. The van der Waals surface area contributed by atoms with Crippen molar-refractivity contribution in [1.29, 1.82) is 0 Å². The van der Waals surface area contributed by atoms with E-state index in [1.54, 1.807) is 0 Å². The molecule has 0 saturated carbocycles. The number of hydrogen-bond donors (Lipinski definition) is 1. The standard InChI is InChI=1S/C26H30N6O/c1-16-13-19-15-20(25(33)27-21(19)14-17(16)2)23(24-28-29-30-32(24)26(3,4)5)31-12-8-10-18-9-6-7-11-22(18)31/h6-7,9,11,13-15,23H,8,10,12H2,1-5H3,(H,27,33)/t23-/m1/s1. The first-order valence-corrected chi connectivity index (χ1v) is 11.5. The van der Waals surface area contributed by atoms with Crippen LogP contribution >= 0.6 is 0 Å². The Morgan fingerprint density at radius 1 is 1.06 bits per heavy atom. The summed E-state index contributed by atoms with van der Waals surface area (Å²) in [5.74, 6) is 0.674. The highest BCUT2D eigenvalue weighted by molar-refractivity contribution is 5.81. The van der Waals surface area contributed by atoms with Crippen LogP contribution in [0.25, 0.3) is 10.9 Å². The van der Waals surface area contributed by atoms with Crippen LogP contribution in [0.5, 0.6) is 0 Å². The Kier molecular flexibility index (Phi) is 5.07. The number of rotatable bonds is 3. The maximum atomic E-state index is 13.5. The van der Waals surface area contributed by atoms with Gasteiger partial charge in [0, 0.05) is 23.3 Å². The fourth-order valence-electron chi connectivity index (χ4n) is 4.82. The highest BCUT2D eigenvalue weighted by Gasteiger charge is 2.35. The molecule has 1 aliphatic heterocycles. The largest absolute Gasteiger partial charge is 0.357 e. The summed E-state index contributed by atoms with van der Waals surface area (Å²) in [4.78, 5) is 18.9. The van der Waals surface area contributed by atoms with Crippen LogP contribution < -0.4 is 10.5 Å². The summed E-state index contributed by atoms with van der Waals surface area (Å²) in [5.41, 5.74) is 5.84. The van der Waals surface area contributed by atoms with Crippen molar-refractivity contribution < 1.29 is 0 Å². The van der Waals surface area contributed by atoms with E-state index < -0.39 is 6.04 Å². The molecule has 7 nitrogen and oxygen atoms in total. The number of H-pyrrole nitrogens is 1.